The van der Waals surface area contributed by atoms with Crippen molar-refractivity contribution >= 4 is 31.7 Å². The minimum absolute atomic E-state index is 0.00689. The van der Waals surface area contributed by atoms with Gasteiger partial charge in [0.1, 0.15) is 15.4 Å². The van der Waals surface area contributed by atoms with E-state index in [4.69, 9.17) is 0 Å². The van der Waals surface area contributed by atoms with Gasteiger partial charge in [-0.2, -0.15) is 4.31 Å². The van der Waals surface area contributed by atoms with Gasteiger partial charge in [0.25, 0.3) is 0 Å². The van der Waals surface area contributed by atoms with Crippen LogP contribution in [0.3, 0.4) is 0 Å². The molecule has 21 heavy (non-hydrogen) atoms. The quantitative estimate of drug-likeness (QED) is 0.621. The van der Waals surface area contributed by atoms with Gasteiger partial charge in [0, 0.05) is 0 Å². The highest BCUT2D eigenvalue weighted by atomic mass is 32.2. The van der Waals surface area contributed by atoms with Crippen molar-refractivity contribution in [2.75, 3.05) is 18.1 Å². The number of nitrogens with zero attached hydrogens (tertiary/aromatic N) is 1. The fraction of sp³-hybridized carbons (Fsp3) is 0.818. The number of sulfone groups is 1. The summed E-state index contributed by atoms with van der Waals surface area (Å²) in [6.07, 6.45) is -0.0138. The molecule has 0 spiro atoms. The molecule has 0 unspecified atom stereocenters. The second-order valence-corrected chi connectivity index (χ2v) is 10.3. The van der Waals surface area contributed by atoms with E-state index in [0.29, 0.717) is 0 Å². The number of imide groups is 1. The zero-order chi connectivity index (χ0) is 16.1. The second-order valence-electron chi connectivity index (χ2n) is 5.84. The molecule has 1 N–H and O–H groups in total. The first-order valence-electron chi connectivity index (χ1n) is 6.53. The van der Waals surface area contributed by atoms with E-state index in [1.165, 1.54) is 13.8 Å². The van der Waals surface area contributed by atoms with Gasteiger partial charge in [-0.3, -0.25) is 14.9 Å². The van der Waals surface area contributed by atoms with Crippen molar-refractivity contribution in [3.8, 4) is 0 Å². The van der Waals surface area contributed by atoms with E-state index in [0.717, 1.165) is 4.31 Å². The number of piperazine rings is 1. The molecule has 0 aromatic heterocycles. The summed E-state index contributed by atoms with van der Waals surface area (Å²) in [5.74, 6) is -1.73. The number of hydrogen-bond acceptors (Lipinski definition) is 6. The van der Waals surface area contributed by atoms with Crippen LogP contribution in [0.15, 0.2) is 0 Å². The first-order chi connectivity index (χ1) is 9.47. The first-order valence-corrected chi connectivity index (χ1v) is 9.86. The second kappa shape index (κ2) is 5.03. The lowest BCUT2D eigenvalue weighted by Gasteiger charge is -2.41. The van der Waals surface area contributed by atoms with Crippen molar-refractivity contribution in [3.63, 3.8) is 0 Å². The summed E-state index contributed by atoms with van der Waals surface area (Å²) in [5.41, 5.74) is -1.37. The molecule has 2 aliphatic rings. The van der Waals surface area contributed by atoms with E-state index >= 15 is 0 Å². The average Bonchev–Trinajstić information content (AvgIpc) is 2.33. The van der Waals surface area contributed by atoms with Crippen molar-refractivity contribution in [3.05, 3.63) is 0 Å². The fourth-order valence-electron chi connectivity index (χ4n) is 2.51. The van der Waals surface area contributed by atoms with Crippen LogP contribution in [-0.4, -0.2) is 61.8 Å². The van der Waals surface area contributed by atoms with Gasteiger partial charge in [-0.25, -0.2) is 16.8 Å². The monoisotopic (exact) mass is 338 g/mol. The maximum absolute atomic E-state index is 12.7. The highest BCUT2D eigenvalue weighted by Crippen LogP contribution is 2.29. The molecule has 0 aromatic rings. The van der Waals surface area contributed by atoms with Crippen LogP contribution >= 0.6 is 0 Å². The smallest absolute Gasteiger partial charge is 0.247 e. The maximum Gasteiger partial charge on any atom is 0.247 e. The summed E-state index contributed by atoms with van der Waals surface area (Å²) in [6.45, 7) is 2.42. The molecule has 8 nitrogen and oxygen atoms in total. The number of rotatable bonds is 2. The van der Waals surface area contributed by atoms with Crippen molar-refractivity contribution < 1.29 is 26.4 Å². The summed E-state index contributed by atoms with van der Waals surface area (Å²) >= 11 is 0. The lowest BCUT2D eigenvalue weighted by molar-refractivity contribution is -0.141. The number of sulfonamides is 1. The van der Waals surface area contributed by atoms with Crippen molar-refractivity contribution in [1.82, 2.24) is 9.62 Å². The van der Waals surface area contributed by atoms with Gasteiger partial charge in [-0.1, -0.05) is 0 Å². The van der Waals surface area contributed by atoms with Gasteiger partial charge in [0.2, 0.25) is 21.8 Å². The van der Waals surface area contributed by atoms with Gasteiger partial charge in [-0.05, 0) is 26.7 Å². The Morgan fingerprint density at radius 3 is 2.24 bits per heavy atom. The lowest BCUT2D eigenvalue weighted by atomic mass is 10.0. The number of amides is 2. The minimum atomic E-state index is -3.92. The fourth-order valence-corrected chi connectivity index (χ4v) is 6.51. The molecule has 0 aromatic carbocycles. The predicted octanol–water partition coefficient (Wildman–Crippen LogP) is -1.37. The van der Waals surface area contributed by atoms with E-state index in [1.54, 1.807) is 0 Å². The van der Waals surface area contributed by atoms with Crippen molar-refractivity contribution in [1.29, 1.82) is 0 Å². The van der Waals surface area contributed by atoms with Crippen LogP contribution in [-0.2, 0) is 29.4 Å². The average molecular weight is 338 g/mol. The Balaban J connectivity index is 2.30. The molecule has 2 saturated heterocycles. The Morgan fingerprint density at radius 2 is 1.71 bits per heavy atom. The molecule has 10 heteroatoms. The largest absolute Gasteiger partial charge is 0.294 e. The lowest BCUT2D eigenvalue weighted by Crippen LogP contribution is -2.66. The molecular formula is C11H18N2O6S2. The molecule has 120 valence electrons. The van der Waals surface area contributed by atoms with Gasteiger partial charge < -0.3 is 0 Å². The summed E-state index contributed by atoms with van der Waals surface area (Å²) in [7, 11) is -7.11. The van der Waals surface area contributed by atoms with E-state index in [9.17, 15) is 26.4 Å². The summed E-state index contributed by atoms with van der Waals surface area (Å²) in [5, 5.41) is 1.23. The predicted molar refractivity (Wildman–Crippen MR) is 74.5 cm³/mol. The Bertz CT molecular complexity index is 666. The van der Waals surface area contributed by atoms with Crippen LogP contribution in [0, 0.1) is 0 Å². The SMILES string of the molecule is CC1(C)C(=O)NC(=O)CN1S(=O)(=O)C1CCS(=O)(=O)CC1. The van der Waals surface area contributed by atoms with Crippen LogP contribution in [0.2, 0.25) is 0 Å². The van der Waals surface area contributed by atoms with Crippen LogP contribution in [0.5, 0.6) is 0 Å². The number of carbonyl (C=O) groups excluding carboxylic acids is 2. The summed E-state index contributed by atoms with van der Waals surface area (Å²) in [4.78, 5) is 23.3. The normalized spacial score (nSPS) is 27.3. The minimum Gasteiger partial charge on any atom is -0.294 e. The van der Waals surface area contributed by atoms with Gasteiger partial charge in [0.05, 0.1) is 23.3 Å². The highest BCUT2D eigenvalue weighted by molar-refractivity contribution is 7.92. The zero-order valence-electron chi connectivity index (χ0n) is 11.8. The number of nitrogens with one attached hydrogen (secondary N) is 1. The van der Waals surface area contributed by atoms with E-state index in [-0.39, 0.29) is 24.3 Å². The van der Waals surface area contributed by atoms with Crippen LogP contribution < -0.4 is 5.32 Å². The molecule has 0 aliphatic carbocycles. The third kappa shape index (κ3) is 2.97. The molecule has 0 bridgehead atoms. The summed E-state index contributed by atoms with van der Waals surface area (Å²) in [6, 6.07) is 0. The molecule has 0 saturated carbocycles. The first kappa shape index (κ1) is 16.4. The van der Waals surface area contributed by atoms with Crippen molar-refractivity contribution in [2.45, 2.75) is 37.5 Å². The van der Waals surface area contributed by atoms with Crippen LogP contribution in [0.25, 0.3) is 0 Å². The number of carbonyl (C=O) groups is 2. The van der Waals surface area contributed by atoms with E-state index in [2.05, 4.69) is 5.32 Å². The van der Waals surface area contributed by atoms with Gasteiger partial charge >= 0.3 is 0 Å². The molecule has 0 radical (unpaired) electrons. The highest BCUT2D eigenvalue weighted by Gasteiger charge is 2.50. The third-order valence-electron chi connectivity index (χ3n) is 3.95. The molecule has 0 atom stereocenters. The Morgan fingerprint density at radius 1 is 1.19 bits per heavy atom. The van der Waals surface area contributed by atoms with Gasteiger partial charge in [-0.15, -0.1) is 0 Å². The zero-order valence-corrected chi connectivity index (χ0v) is 13.5. The molecule has 2 aliphatic heterocycles. The molecule has 2 rings (SSSR count). The van der Waals surface area contributed by atoms with Crippen molar-refractivity contribution in [2.24, 2.45) is 0 Å². The summed E-state index contributed by atoms with van der Waals surface area (Å²) < 4.78 is 49.0. The van der Waals surface area contributed by atoms with Crippen LogP contribution in [0.1, 0.15) is 26.7 Å². The standard InChI is InChI=1S/C11H18N2O6S2/c1-11(2)10(15)12-9(14)7-13(11)21(18,19)8-3-5-20(16,17)6-4-8/h8H,3-7H2,1-2H3,(H,12,14,15). The maximum atomic E-state index is 12.7. The van der Waals surface area contributed by atoms with Crippen LogP contribution in [0.4, 0.5) is 0 Å². The molecule has 2 heterocycles. The Hall–Kier alpha value is -1.00. The molecule has 2 fully saturated rings. The van der Waals surface area contributed by atoms with E-state index in [1.807, 2.05) is 0 Å². The topological polar surface area (TPSA) is 118 Å². The Kier molecular flexibility index (Phi) is 3.92. The Labute approximate surface area is 123 Å². The number of hydrogen-bond donors (Lipinski definition) is 1. The molecule has 2 amide bonds. The third-order valence-corrected chi connectivity index (χ3v) is 8.18. The van der Waals surface area contributed by atoms with E-state index < -0.39 is 49.0 Å². The molecular weight excluding hydrogens is 320 g/mol. The van der Waals surface area contributed by atoms with Gasteiger partial charge in [0.15, 0.2) is 0 Å².